The fourth-order valence-electron chi connectivity index (χ4n) is 4.09. The molecule has 3 saturated heterocycles. The third-order valence-corrected chi connectivity index (χ3v) is 5.36. The standard InChI is InChI=1S/C18H25N3O3/c22-18(21-6-1-2-7-24-21)8-15-13-23-17-12-20(11-16(15)17)10-14-4-3-5-19-9-14/h3-5,9,15-17H,1-2,6-8,10-13H2/t15-,16-,17-/m1/s1. The number of carbonyl (C=O) groups excluding carboxylic acids is 1. The second-order valence-corrected chi connectivity index (χ2v) is 7.09. The Bertz CT molecular complexity index is 562. The number of aromatic nitrogens is 1. The first-order valence-electron chi connectivity index (χ1n) is 8.96. The summed E-state index contributed by atoms with van der Waals surface area (Å²) in [6.45, 7) is 4.95. The maximum absolute atomic E-state index is 12.4. The topological polar surface area (TPSA) is 54.9 Å². The molecule has 130 valence electrons. The van der Waals surface area contributed by atoms with Gasteiger partial charge in [0.05, 0.1) is 19.3 Å². The van der Waals surface area contributed by atoms with Gasteiger partial charge in [0.15, 0.2) is 0 Å². The van der Waals surface area contributed by atoms with Gasteiger partial charge in [-0.1, -0.05) is 6.07 Å². The molecule has 0 unspecified atom stereocenters. The lowest BCUT2D eigenvalue weighted by atomic mass is 9.90. The molecule has 0 N–H and O–H groups in total. The number of amides is 1. The molecule has 1 aromatic heterocycles. The largest absolute Gasteiger partial charge is 0.376 e. The van der Waals surface area contributed by atoms with Crippen LogP contribution in [0.1, 0.15) is 24.8 Å². The van der Waals surface area contributed by atoms with E-state index in [1.165, 1.54) is 5.56 Å². The summed E-state index contributed by atoms with van der Waals surface area (Å²) in [7, 11) is 0. The van der Waals surface area contributed by atoms with Gasteiger partial charge in [-0.3, -0.25) is 19.5 Å². The molecule has 0 aliphatic carbocycles. The van der Waals surface area contributed by atoms with Crippen LogP contribution >= 0.6 is 0 Å². The summed E-state index contributed by atoms with van der Waals surface area (Å²) in [5, 5.41) is 1.57. The van der Waals surface area contributed by atoms with Crippen LogP contribution in [-0.2, 0) is 20.9 Å². The van der Waals surface area contributed by atoms with Crippen LogP contribution in [0.15, 0.2) is 24.5 Å². The monoisotopic (exact) mass is 331 g/mol. The molecular weight excluding hydrogens is 306 g/mol. The predicted molar refractivity (Wildman–Crippen MR) is 87.8 cm³/mol. The molecule has 0 saturated carbocycles. The van der Waals surface area contributed by atoms with E-state index in [0.29, 0.717) is 31.5 Å². The lowest BCUT2D eigenvalue weighted by Crippen LogP contribution is -2.37. The number of likely N-dealkylation sites (tertiary alicyclic amines) is 1. The number of carbonyl (C=O) groups is 1. The van der Waals surface area contributed by atoms with Crippen LogP contribution in [0, 0.1) is 11.8 Å². The summed E-state index contributed by atoms with van der Waals surface area (Å²) in [6.07, 6.45) is 6.62. The first-order valence-corrected chi connectivity index (χ1v) is 8.96. The number of hydrogen-bond donors (Lipinski definition) is 0. The van der Waals surface area contributed by atoms with Gasteiger partial charge in [-0.05, 0) is 30.4 Å². The Balaban J connectivity index is 1.32. The number of fused-ring (bicyclic) bond motifs is 1. The molecule has 3 aliphatic rings. The van der Waals surface area contributed by atoms with Gasteiger partial charge in [0.2, 0.25) is 5.91 Å². The van der Waals surface area contributed by atoms with Crippen LogP contribution in [0.5, 0.6) is 0 Å². The van der Waals surface area contributed by atoms with E-state index < -0.39 is 0 Å². The van der Waals surface area contributed by atoms with E-state index in [2.05, 4.69) is 16.0 Å². The van der Waals surface area contributed by atoms with E-state index >= 15 is 0 Å². The van der Waals surface area contributed by atoms with Gasteiger partial charge >= 0.3 is 0 Å². The van der Waals surface area contributed by atoms with Crippen molar-refractivity contribution < 1.29 is 14.4 Å². The molecule has 3 fully saturated rings. The normalized spacial score (nSPS) is 30.5. The molecule has 1 amide bonds. The highest BCUT2D eigenvalue weighted by Crippen LogP contribution is 2.36. The molecule has 6 heteroatoms. The van der Waals surface area contributed by atoms with Crippen molar-refractivity contribution >= 4 is 5.91 Å². The quantitative estimate of drug-likeness (QED) is 0.836. The predicted octanol–water partition coefficient (Wildman–Crippen LogP) is 1.47. The highest BCUT2D eigenvalue weighted by Gasteiger charge is 2.44. The summed E-state index contributed by atoms with van der Waals surface area (Å²) in [5.41, 5.74) is 1.23. The van der Waals surface area contributed by atoms with Crippen LogP contribution in [0.3, 0.4) is 0 Å². The average Bonchev–Trinajstić information content (AvgIpc) is 3.18. The average molecular weight is 331 g/mol. The molecule has 24 heavy (non-hydrogen) atoms. The maximum atomic E-state index is 12.4. The lowest BCUT2D eigenvalue weighted by molar-refractivity contribution is -0.198. The first kappa shape index (κ1) is 16.0. The molecule has 0 radical (unpaired) electrons. The second-order valence-electron chi connectivity index (χ2n) is 7.09. The smallest absolute Gasteiger partial charge is 0.246 e. The van der Waals surface area contributed by atoms with E-state index in [1.807, 2.05) is 12.3 Å². The molecule has 4 rings (SSSR count). The molecular formula is C18H25N3O3. The Morgan fingerprint density at radius 2 is 2.29 bits per heavy atom. The van der Waals surface area contributed by atoms with Crippen LogP contribution in [0.25, 0.3) is 0 Å². The van der Waals surface area contributed by atoms with E-state index in [0.717, 1.165) is 39.0 Å². The van der Waals surface area contributed by atoms with Crippen molar-refractivity contribution in [3.05, 3.63) is 30.1 Å². The van der Waals surface area contributed by atoms with Crippen molar-refractivity contribution in [2.75, 3.05) is 32.8 Å². The van der Waals surface area contributed by atoms with Crippen LogP contribution in [-0.4, -0.2) is 59.8 Å². The van der Waals surface area contributed by atoms with E-state index in [-0.39, 0.29) is 12.0 Å². The van der Waals surface area contributed by atoms with Gasteiger partial charge in [-0.15, -0.1) is 0 Å². The number of ether oxygens (including phenoxy) is 1. The Morgan fingerprint density at radius 3 is 3.08 bits per heavy atom. The highest BCUT2D eigenvalue weighted by atomic mass is 16.7. The van der Waals surface area contributed by atoms with Gasteiger partial charge in [0, 0.05) is 50.9 Å². The zero-order valence-corrected chi connectivity index (χ0v) is 14.0. The Labute approximate surface area is 142 Å². The van der Waals surface area contributed by atoms with E-state index in [1.54, 1.807) is 11.3 Å². The summed E-state index contributed by atoms with van der Waals surface area (Å²) >= 11 is 0. The lowest BCUT2D eigenvalue weighted by Gasteiger charge is -2.27. The zero-order chi connectivity index (χ0) is 16.4. The van der Waals surface area contributed by atoms with Gasteiger partial charge in [-0.25, -0.2) is 5.06 Å². The summed E-state index contributed by atoms with van der Waals surface area (Å²) in [4.78, 5) is 24.5. The first-order chi connectivity index (χ1) is 11.8. The molecule has 3 aliphatic heterocycles. The number of hydroxylamine groups is 2. The molecule has 6 nitrogen and oxygen atoms in total. The van der Waals surface area contributed by atoms with Crippen LogP contribution in [0.4, 0.5) is 0 Å². The molecule has 4 heterocycles. The maximum Gasteiger partial charge on any atom is 0.246 e. The van der Waals surface area contributed by atoms with Crippen LogP contribution in [0.2, 0.25) is 0 Å². The summed E-state index contributed by atoms with van der Waals surface area (Å²) in [6, 6.07) is 4.08. The fourth-order valence-corrected chi connectivity index (χ4v) is 4.09. The zero-order valence-electron chi connectivity index (χ0n) is 14.0. The minimum atomic E-state index is 0.120. The second kappa shape index (κ2) is 7.17. The SMILES string of the molecule is O=C(C[C@@H]1CO[C@@H]2CN(Cc3cccnc3)C[C@H]12)N1CCCCO1. The van der Waals surface area contributed by atoms with Crippen molar-refractivity contribution in [1.82, 2.24) is 14.9 Å². The minimum Gasteiger partial charge on any atom is -0.376 e. The minimum absolute atomic E-state index is 0.120. The number of pyridine rings is 1. The Morgan fingerprint density at radius 1 is 1.33 bits per heavy atom. The molecule has 3 atom stereocenters. The Kier molecular flexibility index (Phi) is 4.78. The van der Waals surface area contributed by atoms with E-state index in [4.69, 9.17) is 9.57 Å². The third-order valence-electron chi connectivity index (χ3n) is 5.36. The highest BCUT2D eigenvalue weighted by molar-refractivity contribution is 5.75. The molecule has 0 aromatic carbocycles. The summed E-state index contributed by atoms with van der Waals surface area (Å²) in [5.74, 6) is 0.886. The van der Waals surface area contributed by atoms with Crippen molar-refractivity contribution in [1.29, 1.82) is 0 Å². The molecule has 0 bridgehead atoms. The summed E-state index contributed by atoms with van der Waals surface area (Å²) < 4.78 is 5.98. The molecule has 0 spiro atoms. The van der Waals surface area contributed by atoms with Crippen molar-refractivity contribution in [2.45, 2.75) is 31.9 Å². The fraction of sp³-hybridized carbons (Fsp3) is 0.667. The number of rotatable bonds is 4. The van der Waals surface area contributed by atoms with Crippen molar-refractivity contribution in [2.24, 2.45) is 11.8 Å². The number of hydrogen-bond acceptors (Lipinski definition) is 5. The van der Waals surface area contributed by atoms with E-state index in [9.17, 15) is 4.79 Å². The third kappa shape index (κ3) is 3.45. The van der Waals surface area contributed by atoms with Crippen molar-refractivity contribution in [3.63, 3.8) is 0 Å². The van der Waals surface area contributed by atoms with Gasteiger partial charge < -0.3 is 4.74 Å². The van der Waals surface area contributed by atoms with Crippen molar-refractivity contribution in [3.8, 4) is 0 Å². The Hall–Kier alpha value is -1.50. The van der Waals surface area contributed by atoms with Crippen LogP contribution < -0.4 is 0 Å². The van der Waals surface area contributed by atoms with Gasteiger partial charge in [-0.2, -0.15) is 0 Å². The van der Waals surface area contributed by atoms with Gasteiger partial charge in [0.1, 0.15) is 0 Å². The number of nitrogens with zero attached hydrogens (tertiary/aromatic N) is 3. The molecule has 1 aromatic rings. The van der Waals surface area contributed by atoms with Gasteiger partial charge in [0.25, 0.3) is 0 Å².